The molecule has 0 amide bonds. The van der Waals surface area contributed by atoms with Crippen LogP contribution in [-0.2, 0) is 0 Å². The zero-order valence-corrected chi connectivity index (χ0v) is 9.41. The summed E-state index contributed by atoms with van der Waals surface area (Å²) in [4.78, 5) is 13.3. The predicted octanol–water partition coefficient (Wildman–Crippen LogP) is 2.19. The molecule has 76 valence electrons. The minimum absolute atomic E-state index is 0.493. The predicted molar refractivity (Wildman–Crippen MR) is 64.1 cm³/mol. The molecule has 6 heteroatoms. The van der Waals surface area contributed by atoms with E-state index in [1.165, 1.54) is 12.7 Å². The Balaban J connectivity index is 2.25. The van der Waals surface area contributed by atoms with E-state index < -0.39 is 0 Å². The molecule has 0 fully saturated rings. The third-order valence-corrected chi connectivity index (χ3v) is 2.37. The molecule has 0 aliphatic carbocycles. The quantitative estimate of drug-likeness (QED) is 0.700. The van der Waals surface area contributed by atoms with E-state index in [0.29, 0.717) is 5.95 Å². The van der Waals surface area contributed by atoms with Crippen LogP contribution < -0.4 is 5.32 Å². The lowest BCUT2D eigenvalue weighted by Gasteiger charge is -2.06. The molecule has 1 aromatic carbocycles. The van der Waals surface area contributed by atoms with Gasteiger partial charge in [0.05, 0.1) is 5.69 Å². The van der Waals surface area contributed by atoms with Crippen LogP contribution in [0, 0.1) is 0 Å². The lowest BCUT2D eigenvalue weighted by molar-refractivity contribution is 1.05. The zero-order chi connectivity index (χ0) is 10.7. The first-order valence-electron chi connectivity index (χ1n) is 4.17. The highest BCUT2D eigenvalue weighted by Crippen LogP contribution is 2.24. The SMILES string of the molecule is Sc1ccc(Nc2ncncn2)c(S)c1. The van der Waals surface area contributed by atoms with Crippen LogP contribution in [0.2, 0.25) is 0 Å². The van der Waals surface area contributed by atoms with Crippen LogP contribution in [0.3, 0.4) is 0 Å². The summed E-state index contributed by atoms with van der Waals surface area (Å²) in [5, 5.41) is 3.03. The van der Waals surface area contributed by atoms with Crippen LogP contribution in [0.25, 0.3) is 0 Å². The molecule has 1 heterocycles. The molecule has 0 unspecified atom stereocenters. The summed E-state index contributed by atoms with van der Waals surface area (Å²) in [6, 6.07) is 5.58. The Bertz CT molecular complexity index is 461. The van der Waals surface area contributed by atoms with Crippen molar-refractivity contribution in [1.29, 1.82) is 0 Å². The molecule has 1 aromatic heterocycles. The average Bonchev–Trinajstić information content (AvgIpc) is 2.24. The first kappa shape index (κ1) is 10.3. The highest BCUT2D eigenvalue weighted by Gasteiger charge is 2.01. The lowest BCUT2D eigenvalue weighted by atomic mass is 10.3. The molecular formula is C9H8N4S2. The third kappa shape index (κ3) is 2.60. The van der Waals surface area contributed by atoms with Gasteiger partial charge in [-0.15, -0.1) is 25.3 Å². The number of hydrogen-bond acceptors (Lipinski definition) is 6. The van der Waals surface area contributed by atoms with E-state index >= 15 is 0 Å². The minimum Gasteiger partial charge on any atom is -0.323 e. The van der Waals surface area contributed by atoms with Crippen LogP contribution in [0.15, 0.2) is 40.6 Å². The number of thiol groups is 2. The maximum Gasteiger partial charge on any atom is 0.230 e. The number of hydrogen-bond donors (Lipinski definition) is 3. The largest absolute Gasteiger partial charge is 0.323 e. The summed E-state index contributed by atoms with van der Waals surface area (Å²) in [7, 11) is 0. The van der Waals surface area contributed by atoms with Crippen molar-refractivity contribution in [2.75, 3.05) is 5.32 Å². The Labute approximate surface area is 98.0 Å². The number of anilines is 2. The topological polar surface area (TPSA) is 50.7 Å². The summed E-state index contributed by atoms with van der Waals surface area (Å²) >= 11 is 8.53. The molecule has 0 spiro atoms. The maximum absolute atomic E-state index is 4.32. The Morgan fingerprint density at radius 1 is 1.07 bits per heavy atom. The Kier molecular flexibility index (Phi) is 3.08. The van der Waals surface area contributed by atoms with Crippen molar-refractivity contribution in [2.24, 2.45) is 0 Å². The van der Waals surface area contributed by atoms with E-state index in [4.69, 9.17) is 0 Å². The van der Waals surface area contributed by atoms with Crippen LogP contribution in [0.1, 0.15) is 0 Å². The Morgan fingerprint density at radius 3 is 2.47 bits per heavy atom. The molecule has 0 bridgehead atoms. The molecule has 0 saturated heterocycles. The minimum atomic E-state index is 0.493. The molecule has 0 aliphatic rings. The van der Waals surface area contributed by atoms with E-state index in [2.05, 4.69) is 45.5 Å². The molecule has 0 aliphatic heterocycles. The molecule has 1 N–H and O–H groups in total. The van der Waals surface area contributed by atoms with Crippen molar-refractivity contribution in [3.05, 3.63) is 30.9 Å². The van der Waals surface area contributed by atoms with Gasteiger partial charge in [-0.25, -0.2) is 15.0 Å². The fourth-order valence-electron chi connectivity index (χ4n) is 1.05. The van der Waals surface area contributed by atoms with Crippen molar-refractivity contribution >= 4 is 36.9 Å². The summed E-state index contributed by atoms with van der Waals surface area (Å²) in [6.07, 6.45) is 2.86. The molecule has 2 rings (SSSR count). The van der Waals surface area contributed by atoms with Gasteiger partial charge in [0.25, 0.3) is 0 Å². The van der Waals surface area contributed by atoms with Crippen molar-refractivity contribution in [2.45, 2.75) is 9.79 Å². The van der Waals surface area contributed by atoms with Crippen molar-refractivity contribution in [3.8, 4) is 0 Å². The molecule has 0 saturated carbocycles. The van der Waals surface area contributed by atoms with Gasteiger partial charge in [-0.3, -0.25) is 0 Å². The standard InChI is InChI=1S/C9H8N4S2/c14-6-1-2-7(8(15)3-6)13-9-11-4-10-5-12-9/h1-5,14-15H,(H,10,11,12,13). The van der Waals surface area contributed by atoms with Crippen LogP contribution in [0.4, 0.5) is 11.6 Å². The van der Waals surface area contributed by atoms with Gasteiger partial charge in [0.15, 0.2) is 0 Å². The van der Waals surface area contributed by atoms with Crippen LogP contribution >= 0.6 is 25.3 Å². The van der Waals surface area contributed by atoms with Gasteiger partial charge >= 0.3 is 0 Å². The smallest absolute Gasteiger partial charge is 0.230 e. The normalized spacial score (nSPS) is 10.0. The van der Waals surface area contributed by atoms with Gasteiger partial charge in [-0.1, -0.05) is 0 Å². The summed E-state index contributed by atoms with van der Waals surface area (Å²) in [6.45, 7) is 0. The van der Waals surface area contributed by atoms with Gasteiger partial charge in [0.2, 0.25) is 5.95 Å². The molecule has 15 heavy (non-hydrogen) atoms. The second-order valence-corrected chi connectivity index (χ2v) is 3.79. The Morgan fingerprint density at radius 2 is 1.80 bits per heavy atom. The molecule has 4 nitrogen and oxygen atoms in total. The van der Waals surface area contributed by atoms with Gasteiger partial charge in [-0.05, 0) is 18.2 Å². The van der Waals surface area contributed by atoms with Gasteiger partial charge < -0.3 is 5.32 Å². The number of nitrogens with one attached hydrogen (secondary N) is 1. The number of benzene rings is 1. The Hall–Kier alpha value is -1.27. The first-order valence-corrected chi connectivity index (χ1v) is 5.06. The van der Waals surface area contributed by atoms with Crippen molar-refractivity contribution < 1.29 is 0 Å². The van der Waals surface area contributed by atoms with Gasteiger partial charge in [0, 0.05) is 9.79 Å². The van der Waals surface area contributed by atoms with Crippen molar-refractivity contribution in [3.63, 3.8) is 0 Å². The van der Waals surface area contributed by atoms with Gasteiger partial charge in [-0.2, -0.15) is 0 Å². The highest BCUT2D eigenvalue weighted by atomic mass is 32.1. The van der Waals surface area contributed by atoms with E-state index in [0.717, 1.165) is 15.5 Å². The van der Waals surface area contributed by atoms with Gasteiger partial charge in [0.1, 0.15) is 12.7 Å². The molecule has 2 aromatic rings. The first-order chi connectivity index (χ1) is 7.25. The highest BCUT2D eigenvalue weighted by molar-refractivity contribution is 7.81. The molecule has 0 atom stereocenters. The third-order valence-electron chi connectivity index (χ3n) is 1.72. The summed E-state index contributed by atoms with van der Waals surface area (Å²) in [5.41, 5.74) is 0.835. The number of rotatable bonds is 2. The number of nitrogens with zero attached hydrogens (tertiary/aromatic N) is 3. The monoisotopic (exact) mass is 236 g/mol. The number of aromatic nitrogens is 3. The van der Waals surface area contributed by atoms with E-state index in [1.807, 2.05) is 18.2 Å². The van der Waals surface area contributed by atoms with E-state index in [1.54, 1.807) is 0 Å². The van der Waals surface area contributed by atoms with Crippen molar-refractivity contribution in [1.82, 2.24) is 15.0 Å². The molecule has 0 radical (unpaired) electrons. The maximum atomic E-state index is 4.32. The van der Waals surface area contributed by atoms with Crippen LogP contribution in [0.5, 0.6) is 0 Å². The summed E-state index contributed by atoms with van der Waals surface area (Å²) in [5.74, 6) is 0.493. The second kappa shape index (κ2) is 4.50. The average molecular weight is 236 g/mol. The van der Waals surface area contributed by atoms with Crippen LogP contribution in [-0.4, -0.2) is 15.0 Å². The fourth-order valence-corrected chi connectivity index (χ4v) is 1.62. The summed E-state index contributed by atoms with van der Waals surface area (Å²) < 4.78 is 0. The van der Waals surface area contributed by atoms with E-state index in [9.17, 15) is 0 Å². The zero-order valence-electron chi connectivity index (χ0n) is 7.62. The second-order valence-electron chi connectivity index (χ2n) is 2.79. The fraction of sp³-hybridized carbons (Fsp3) is 0. The lowest BCUT2D eigenvalue weighted by Crippen LogP contribution is -1.97. The molecular weight excluding hydrogens is 228 g/mol. The van der Waals surface area contributed by atoms with E-state index in [-0.39, 0.29) is 0 Å².